The number of hydrogen-bond donors (Lipinski definition) is 2. The second kappa shape index (κ2) is 7.58. The zero-order valence-electron chi connectivity index (χ0n) is 14.0. The fourth-order valence-electron chi connectivity index (χ4n) is 2.44. The molecular weight excluding hydrogens is 281 g/mol. The summed E-state index contributed by atoms with van der Waals surface area (Å²) >= 11 is 0. The van der Waals surface area contributed by atoms with Crippen LogP contribution in [0.25, 0.3) is 0 Å². The maximum absolute atomic E-state index is 13.6. The van der Waals surface area contributed by atoms with Crippen LogP contribution in [0.3, 0.4) is 0 Å². The van der Waals surface area contributed by atoms with Gasteiger partial charge in [0.15, 0.2) is 0 Å². The fourth-order valence-corrected chi connectivity index (χ4v) is 5.24. The highest BCUT2D eigenvalue weighted by atomic mass is 31.2. The van der Waals surface area contributed by atoms with Crippen LogP contribution in [0.1, 0.15) is 34.6 Å². The van der Waals surface area contributed by atoms with Crippen molar-refractivity contribution in [3.8, 4) is 0 Å². The summed E-state index contributed by atoms with van der Waals surface area (Å²) in [4.78, 5) is 0. The lowest BCUT2D eigenvalue weighted by Crippen LogP contribution is -2.40. The number of hydrogen-bond acceptors (Lipinski definition) is 3. The molecule has 0 aromatic heterocycles. The summed E-state index contributed by atoms with van der Waals surface area (Å²) in [6, 6.07) is 9.86. The molecule has 120 valence electrons. The SMILES string of the molecule is CC(C)[C@@H](CO)NCCP(=O)(c1ccccc1)C(C)(C)C. The second-order valence-electron chi connectivity index (χ2n) is 6.96. The molecule has 0 amide bonds. The molecular formula is C17H30NO2P. The number of aliphatic hydroxyl groups is 1. The molecule has 0 saturated heterocycles. The molecule has 1 aromatic carbocycles. The van der Waals surface area contributed by atoms with Crippen LogP contribution >= 0.6 is 7.14 Å². The summed E-state index contributed by atoms with van der Waals surface area (Å²) in [5, 5.41) is 13.4. The average molecular weight is 311 g/mol. The van der Waals surface area contributed by atoms with Crippen LogP contribution in [0.4, 0.5) is 0 Å². The van der Waals surface area contributed by atoms with E-state index in [1.807, 2.05) is 51.1 Å². The molecule has 0 aliphatic heterocycles. The van der Waals surface area contributed by atoms with Crippen LogP contribution < -0.4 is 10.6 Å². The molecule has 0 aliphatic carbocycles. The van der Waals surface area contributed by atoms with E-state index >= 15 is 0 Å². The Morgan fingerprint density at radius 2 is 1.76 bits per heavy atom. The first-order valence-corrected chi connectivity index (χ1v) is 9.60. The molecule has 0 radical (unpaired) electrons. The highest BCUT2D eigenvalue weighted by Crippen LogP contribution is 2.56. The van der Waals surface area contributed by atoms with Crippen molar-refractivity contribution in [2.75, 3.05) is 19.3 Å². The van der Waals surface area contributed by atoms with Crippen LogP contribution in [0.2, 0.25) is 0 Å². The van der Waals surface area contributed by atoms with Crippen molar-refractivity contribution in [2.24, 2.45) is 5.92 Å². The van der Waals surface area contributed by atoms with Gasteiger partial charge in [0.05, 0.1) is 6.61 Å². The largest absolute Gasteiger partial charge is 0.395 e. The van der Waals surface area contributed by atoms with Crippen LogP contribution in [-0.4, -0.2) is 35.6 Å². The second-order valence-corrected chi connectivity index (χ2v) is 10.7. The van der Waals surface area contributed by atoms with Gasteiger partial charge in [-0.05, 0) is 5.92 Å². The van der Waals surface area contributed by atoms with E-state index in [2.05, 4.69) is 19.2 Å². The predicted molar refractivity (Wildman–Crippen MR) is 92.0 cm³/mol. The fraction of sp³-hybridized carbons (Fsp3) is 0.647. The summed E-state index contributed by atoms with van der Waals surface area (Å²) < 4.78 is 13.6. The van der Waals surface area contributed by atoms with E-state index in [1.54, 1.807) is 0 Å². The van der Waals surface area contributed by atoms with Gasteiger partial charge in [-0.25, -0.2) is 0 Å². The molecule has 1 aromatic rings. The highest BCUT2D eigenvalue weighted by molar-refractivity contribution is 7.73. The van der Waals surface area contributed by atoms with Gasteiger partial charge < -0.3 is 15.0 Å². The van der Waals surface area contributed by atoms with E-state index in [1.165, 1.54) is 0 Å². The monoisotopic (exact) mass is 311 g/mol. The molecule has 4 heteroatoms. The van der Waals surface area contributed by atoms with Crippen LogP contribution in [0.15, 0.2) is 30.3 Å². The molecule has 0 aliphatic rings. The van der Waals surface area contributed by atoms with Crippen molar-refractivity contribution in [3.63, 3.8) is 0 Å². The minimum atomic E-state index is -2.50. The maximum Gasteiger partial charge on any atom is 0.121 e. The normalized spacial score (nSPS) is 16.7. The minimum absolute atomic E-state index is 0.0641. The average Bonchev–Trinajstić information content (AvgIpc) is 2.42. The molecule has 2 atom stereocenters. The predicted octanol–water partition coefficient (Wildman–Crippen LogP) is 3.08. The first-order chi connectivity index (χ1) is 9.72. The highest BCUT2D eigenvalue weighted by Gasteiger charge is 2.37. The van der Waals surface area contributed by atoms with E-state index in [9.17, 15) is 9.67 Å². The van der Waals surface area contributed by atoms with Crippen molar-refractivity contribution in [1.29, 1.82) is 0 Å². The van der Waals surface area contributed by atoms with Gasteiger partial charge in [-0.15, -0.1) is 0 Å². The summed E-state index contributed by atoms with van der Waals surface area (Å²) in [5.41, 5.74) is 0. The van der Waals surface area contributed by atoms with Crippen molar-refractivity contribution >= 4 is 12.4 Å². The van der Waals surface area contributed by atoms with E-state index < -0.39 is 7.14 Å². The lowest BCUT2D eigenvalue weighted by atomic mass is 10.1. The molecule has 3 nitrogen and oxygen atoms in total. The Hall–Kier alpha value is -0.630. The van der Waals surface area contributed by atoms with Crippen molar-refractivity contribution in [1.82, 2.24) is 5.32 Å². The Balaban J connectivity index is 2.85. The smallest absolute Gasteiger partial charge is 0.121 e. The van der Waals surface area contributed by atoms with E-state index in [4.69, 9.17) is 0 Å². The number of nitrogens with one attached hydrogen (secondary N) is 1. The number of aliphatic hydroxyl groups excluding tert-OH is 1. The summed E-state index contributed by atoms with van der Waals surface area (Å²) in [6.45, 7) is 11.1. The third-order valence-electron chi connectivity index (χ3n) is 4.09. The first kappa shape index (κ1) is 18.4. The lowest BCUT2D eigenvalue weighted by Gasteiger charge is -2.32. The number of benzene rings is 1. The molecule has 1 unspecified atom stereocenters. The van der Waals surface area contributed by atoms with Gasteiger partial charge in [0.1, 0.15) is 7.14 Å². The van der Waals surface area contributed by atoms with E-state index in [0.29, 0.717) is 18.6 Å². The van der Waals surface area contributed by atoms with Gasteiger partial charge in [0.25, 0.3) is 0 Å². The van der Waals surface area contributed by atoms with E-state index in [-0.39, 0.29) is 17.8 Å². The maximum atomic E-state index is 13.6. The van der Waals surface area contributed by atoms with Crippen LogP contribution in [0.5, 0.6) is 0 Å². The summed E-state index contributed by atoms with van der Waals surface area (Å²) in [7, 11) is -2.50. The molecule has 2 N–H and O–H groups in total. The molecule has 0 fully saturated rings. The van der Waals surface area contributed by atoms with Crippen molar-refractivity contribution < 1.29 is 9.67 Å². The van der Waals surface area contributed by atoms with Gasteiger partial charge >= 0.3 is 0 Å². The van der Waals surface area contributed by atoms with Gasteiger partial charge in [-0.2, -0.15) is 0 Å². The molecule has 0 saturated carbocycles. The topological polar surface area (TPSA) is 49.3 Å². The van der Waals surface area contributed by atoms with E-state index in [0.717, 1.165) is 5.30 Å². The lowest BCUT2D eigenvalue weighted by molar-refractivity contribution is 0.213. The van der Waals surface area contributed by atoms with Gasteiger partial charge in [0.2, 0.25) is 0 Å². The molecule has 0 heterocycles. The Morgan fingerprint density at radius 1 is 1.19 bits per heavy atom. The van der Waals surface area contributed by atoms with Crippen molar-refractivity contribution in [2.45, 2.75) is 45.8 Å². The zero-order valence-corrected chi connectivity index (χ0v) is 14.9. The molecule has 1 rings (SSSR count). The quantitative estimate of drug-likeness (QED) is 0.761. The molecule has 0 spiro atoms. The Labute approximate surface area is 129 Å². The summed E-state index contributed by atoms with van der Waals surface area (Å²) in [5.74, 6) is 0.362. The number of rotatable bonds is 7. The van der Waals surface area contributed by atoms with Crippen LogP contribution in [-0.2, 0) is 4.57 Å². The standard InChI is InChI=1S/C17H30NO2P/c1-14(2)16(13-19)18-11-12-21(20,17(3,4)5)15-9-7-6-8-10-15/h6-10,14,16,18-19H,11-13H2,1-5H3/t16-,21?/m1/s1. The van der Waals surface area contributed by atoms with Gasteiger partial charge in [-0.3, -0.25) is 0 Å². The van der Waals surface area contributed by atoms with Crippen LogP contribution in [0, 0.1) is 5.92 Å². The van der Waals surface area contributed by atoms with Gasteiger partial charge in [-0.1, -0.05) is 65.0 Å². The third-order valence-corrected chi connectivity index (χ3v) is 8.24. The Morgan fingerprint density at radius 3 is 2.19 bits per heavy atom. The van der Waals surface area contributed by atoms with Gasteiger partial charge in [0, 0.05) is 29.2 Å². The first-order valence-electron chi connectivity index (χ1n) is 7.71. The molecule has 0 bridgehead atoms. The minimum Gasteiger partial charge on any atom is -0.395 e. The van der Waals surface area contributed by atoms with Crippen molar-refractivity contribution in [3.05, 3.63) is 30.3 Å². The zero-order chi connectivity index (χ0) is 16.1. The molecule has 21 heavy (non-hydrogen) atoms. The summed E-state index contributed by atoms with van der Waals surface area (Å²) in [6.07, 6.45) is 0.615. The Bertz CT molecular complexity index is 465. The Kier molecular flexibility index (Phi) is 6.65. The third kappa shape index (κ3) is 4.67.